The van der Waals surface area contributed by atoms with Crippen molar-refractivity contribution in [2.45, 2.75) is 300 Å². The molecular weight excluding hydrogens is 1380 g/mol. The summed E-state index contributed by atoms with van der Waals surface area (Å²) in [7, 11) is 0. The van der Waals surface area contributed by atoms with E-state index in [1.165, 1.54) is 89.9 Å². The Morgan fingerprint density at radius 1 is 0.407 bits per heavy atom. The molecule has 0 spiro atoms. The van der Waals surface area contributed by atoms with Gasteiger partial charge in [-0.1, -0.05) is 154 Å². The Morgan fingerprint density at radius 3 is 1.10 bits per heavy atom. The van der Waals surface area contributed by atoms with E-state index in [0.717, 1.165) is 110 Å². The minimum Gasteiger partial charge on any atom is -0.505 e. The van der Waals surface area contributed by atoms with Gasteiger partial charge in [-0.15, -0.1) is 0 Å². The predicted molar refractivity (Wildman–Crippen MR) is 420 cm³/mol. The summed E-state index contributed by atoms with van der Waals surface area (Å²) < 4.78 is 8.51. The first-order valence-electron chi connectivity index (χ1n) is 42.9. The maximum absolute atomic E-state index is 11.0. The maximum atomic E-state index is 11.0. The summed E-state index contributed by atoms with van der Waals surface area (Å²) in [5.74, 6) is 12.7. The topological polar surface area (TPSA) is 393 Å². The number of aliphatic hydroxyl groups is 12. The molecule has 11 fully saturated rings. The summed E-state index contributed by atoms with van der Waals surface area (Å²) in [4.78, 5) is 42.2. The highest BCUT2D eigenvalue weighted by atomic mass is 16.6. The normalized spacial score (nSPS) is 47.3. The number of ketones is 2. The van der Waals surface area contributed by atoms with Gasteiger partial charge in [-0.3, -0.25) is 9.59 Å². The van der Waals surface area contributed by atoms with Crippen LogP contribution in [-0.2, 0) is 28.7 Å². The van der Waals surface area contributed by atoms with Gasteiger partial charge in [0.15, 0.2) is 18.0 Å². The molecule has 622 valence electrons. The van der Waals surface area contributed by atoms with Crippen LogP contribution in [0.25, 0.3) is 0 Å². The first-order valence-corrected chi connectivity index (χ1v) is 42.9. The lowest BCUT2D eigenvalue weighted by Crippen LogP contribution is -2.59. The van der Waals surface area contributed by atoms with E-state index in [-0.39, 0.29) is 71.0 Å². The van der Waals surface area contributed by atoms with Crippen LogP contribution in [-0.4, -0.2) is 170 Å². The van der Waals surface area contributed by atoms with Crippen molar-refractivity contribution in [2.24, 2.45) is 178 Å². The van der Waals surface area contributed by atoms with Gasteiger partial charge in [0, 0.05) is 17.8 Å². The number of hydrogen-bond donors (Lipinski definition) is 12. The minimum absolute atomic E-state index is 0. The molecule has 2 aliphatic heterocycles. The molecule has 36 unspecified atom stereocenters. The van der Waals surface area contributed by atoms with E-state index in [0.29, 0.717) is 88.8 Å². The molecule has 0 aromatic heterocycles. The van der Waals surface area contributed by atoms with E-state index >= 15 is 0 Å². The van der Waals surface area contributed by atoms with Crippen molar-refractivity contribution in [3.8, 4) is 0 Å². The number of fused-ring (bicyclic) bond motifs is 8. The van der Waals surface area contributed by atoms with Gasteiger partial charge in [-0.05, 0) is 268 Å². The summed E-state index contributed by atoms with van der Waals surface area (Å²) in [5, 5.41) is 117. The number of ether oxygens (including phenoxy) is 2. The van der Waals surface area contributed by atoms with Crippen molar-refractivity contribution in [2.75, 3.05) is 13.2 Å². The van der Waals surface area contributed by atoms with Gasteiger partial charge in [-0.2, -0.15) is 0 Å². The monoisotopic (exact) mass is 1530 g/mol. The van der Waals surface area contributed by atoms with Gasteiger partial charge in [0.1, 0.15) is 12.2 Å². The molecule has 40 atom stereocenters. The molecule has 20 heteroatoms. The zero-order valence-corrected chi connectivity index (χ0v) is 68.6. The third-order valence-corrected chi connectivity index (χ3v) is 32.7. The van der Waals surface area contributed by atoms with Crippen LogP contribution >= 0.6 is 0 Å². The van der Waals surface area contributed by atoms with Crippen LogP contribution in [0.4, 0.5) is 0 Å². The van der Waals surface area contributed by atoms with Crippen molar-refractivity contribution >= 4 is 23.5 Å². The van der Waals surface area contributed by atoms with E-state index in [4.69, 9.17) is 30.6 Å². The average molecular weight is 1530 g/mol. The highest BCUT2D eigenvalue weighted by Crippen LogP contribution is 2.62. The largest absolute Gasteiger partial charge is 1.00 e. The molecule has 0 amide bonds. The highest BCUT2D eigenvalue weighted by Gasteiger charge is 2.60. The number of Topliss-reactive ketones (excluding diaryl/α,β-unsaturated/α-hetero) is 2. The molecule has 16 N–H and O–H groups in total. The number of allylic oxidation sites excluding steroid dienone is 4. The van der Waals surface area contributed by atoms with Crippen molar-refractivity contribution in [3.05, 3.63) is 34.8 Å². The lowest BCUT2D eigenvalue weighted by Gasteiger charge is -2.59. The van der Waals surface area contributed by atoms with E-state index < -0.39 is 72.7 Å². The summed E-state index contributed by atoms with van der Waals surface area (Å²) in [6, 6.07) is 0. The molecule has 0 aromatic rings. The summed E-state index contributed by atoms with van der Waals surface area (Å²) >= 11 is 0. The molecule has 108 heavy (non-hydrogen) atoms. The van der Waals surface area contributed by atoms with Crippen LogP contribution in [0, 0.1) is 178 Å². The SMILES string of the molecule is CCC1CCC2=CC3=CCCC(C)C3C(C)C2C1C.CCC1CCC2C(O)C3C(O)CCC(C)C3C(C)C2C1C.CCC1CCC2C(O)C3C(O)CCC(C)C3C(C)C2C1C.CCC1CCC2C(O)C3C(O)CCC(C)C3C(C)C2C1C.O.O.O=C1O[C@H]([C@@H](O)CO)C(=O)C1=O.O=C1O[C@H]([C@@H](O)CO)C(O)=C1O.[H+].[H+].[H+].[H+]. The first kappa shape index (κ1) is 91.8. The summed E-state index contributed by atoms with van der Waals surface area (Å²) in [6.07, 6.45) is 21.8. The number of carbonyl (C=O) groups excluding carboxylic acids is 4. The maximum Gasteiger partial charge on any atom is 1.00 e. The minimum atomic E-state index is -1.53. The second kappa shape index (κ2) is 39.3. The fourth-order valence-electron chi connectivity index (χ4n) is 27.4. The third kappa shape index (κ3) is 18.2. The van der Waals surface area contributed by atoms with Crippen molar-refractivity contribution in [1.82, 2.24) is 0 Å². The van der Waals surface area contributed by atoms with E-state index in [2.05, 4.69) is 132 Å². The molecule has 12 aliphatic carbocycles. The van der Waals surface area contributed by atoms with Gasteiger partial charge < -0.3 is 81.7 Å². The lowest BCUT2D eigenvalue weighted by molar-refractivity contribution is -0.176. The van der Waals surface area contributed by atoms with E-state index in [9.17, 15) is 49.8 Å². The summed E-state index contributed by atoms with van der Waals surface area (Å²) in [6.45, 7) is 37.1. The van der Waals surface area contributed by atoms with Crippen LogP contribution in [0.5, 0.6) is 0 Å². The average Bonchev–Trinajstić information content (AvgIpc) is 0.890. The Morgan fingerprint density at radius 2 is 0.769 bits per heavy atom. The van der Waals surface area contributed by atoms with Gasteiger partial charge in [-0.25, -0.2) is 9.59 Å². The second-order valence-electron chi connectivity index (χ2n) is 37.5. The van der Waals surface area contributed by atoms with E-state index in [1.54, 1.807) is 11.1 Å². The smallest absolute Gasteiger partial charge is 0.505 e. The predicted octanol–water partition coefficient (Wildman–Crippen LogP) is 11.5. The molecule has 0 radical (unpaired) electrons. The zero-order valence-electron chi connectivity index (χ0n) is 72.6. The Balaban J connectivity index is 0.000000349. The standard InChI is InChI=1S/3C19H34O2.C19H30.C6H8O6.C6H6O6.2H2O/c3*1-5-13-7-8-14-17(11(13)3)12(4)16-10(2)6-9-15(20)18(16)19(14)21;1-5-15-9-10-17-11-16-8-6-7-12(2)18(16)14(4)19(17)13(15)3;2*7-1-2(8)5-3(9)4(10)6(11)12-5;;/h3*10-21H,5-9H2,1-4H3;8,11-15,18-19H,5-7,9-10H2,1-4H3;2,5,7-10H,1H2;2,5,7-8H,1H2;2*1H2/p+4/t;;;;2*2-,5+;;/m....00../s1. The molecule has 0 bridgehead atoms. The molecule has 1 saturated heterocycles. The van der Waals surface area contributed by atoms with Gasteiger partial charge >= 0.3 is 23.4 Å². The molecule has 10 saturated carbocycles. The van der Waals surface area contributed by atoms with Crippen LogP contribution < -0.4 is 0 Å². The summed E-state index contributed by atoms with van der Waals surface area (Å²) in [5.41, 5.74) is 3.49. The van der Waals surface area contributed by atoms with Crippen LogP contribution in [0.2, 0.25) is 0 Å². The zero-order chi connectivity index (χ0) is 78.1. The highest BCUT2D eigenvalue weighted by molar-refractivity contribution is 6.65. The van der Waals surface area contributed by atoms with Gasteiger partial charge in [0.25, 0.3) is 5.78 Å². The quantitative estimate of drug-likeness (QED) is 0.0793. The Kier molecular flexibility index (Phi) is 33.4. The number of rotatable bonds is 8. The number of aliphatic hydroxyl groups excluding tert-OH is 12. The molecule has 20 nitrogen and oxygen atoms in total. The van der Waals surface area contributed by atoms with Gasteiger partial charge in [0.2, 0.25) is 5.76 Å². The van der Waals surface area contributed by atoms with Crippen molar-refractivity contribution < 1.29 is 107 Å². The van der Waals surface area contributed by atoms with E-state index in [1.807, 2.05) is 0 Å². The molecule has 0 aromatic carbocycles. The van der Waals surface area contributed by atoms with Crippen molar-refractivity contribution in [1.29, 1.82) is 0 Å². The van der Waals surface area contributed by atoms with Gasteiger partial charge in [0.05, 0.1) is 49.8 Å². The van der Waals surface area contributed by atoms with Crippen LogP contribution in [0.15, 0.2) is 34.8 Å². The molecular formula is C88H154O20+4. The molecule has 2 heterocycles. The number of carbonyl (C=O) groups is 4. The lowest BCUT2D eigenvalue weighted by atomic mass is 9.48. The van der Waals surface area contributed by atoms with Crippen molar-refractivity contribution in [3.63, 3.8) is 0 Å². The fraction of sp³-hybridized carbons (Fsp3) is 0.886. The fourth-order valence-corrected chi connectivity index (χ4v) is 27.4. The Labute approximate surface area is 653 Å². The second-order valence-corrected chi connectivity index (χ2v) is 37.5. The number of esters is 2. The van der Waals surface area contributed by atoms with Crippen LogP contribution in [0.3, 0.4) is 0 Å². The number of hydrogen-bond acceptors (Lipinski definition) is 18. The van der Waals surface area contributed by atoms with Crippen LogP contribution in [0.1, 0.15) is 245 Å². The number of cyclic esters (lactones) is 2. The molecule has 14 aliphatic rings. The third-order valence-electron chi connectivity index (χ3n) is 32.7. The first-order chi connectivity index (χ1) is 50.2. The Hall–Kier alpha value is -3.38. The Bertz CT molecular complexity index is 2850. The molecule has 14 rings (SSSR count).